The number of aliphatic hydroxyl groups excluding tert-OH is 3. The first kappa shape index (κ1) is 25.9. The van der Waals surface area contributed by atoms with Crippen LogP contribution in [0.15, 0.2) is 0 Å². The first-order valence-electron chi connectivity index (χ1n) is 11.7. The lowest BCUT2D eigenvalue weighted by Gasteiger charge is -2.14. The molecule has 3 N–H and O–H groups in total. The summed E-state index contributed by atoms with van der Waals surface area (Å²) in [4.78, 5) is 0. The Morgan fingerprint density at radius 2 is 0.769 bits per heavy atom. The maximum absolute atomic E-state index is 9.54. The second-order valence-corrected chi connectivity index (χ2v) is 8.12. The standard InChI is InChI=1S/C23H48O3/c1-2-3-4-5-6-7-8-9-10-11-12-13-14-15-16-17-18-19-20-22(25)23(26)21-24/h22-26H,2-21H2,1H3. The minimum absolute atomic E-state index is 0.347. The van der Waals surface area contributed by atoms with Gasteiger partial charge in [0.1, 0.15) is 6.10 Å². The van der Waals surface area contributed by atoms with Crippen LogP contribution >= 0.6 is 0 Å². The van der Waals surface area contributed by atoms with Gasteiger partial charge in [0.25, 0.3) is 0 Å². The van der Waals surface area contributed by atoms with E-state index in [0.29, 0.717) is 6.42 Å². The van der Waals surface area contributed by atoms with Gasteiger partial charge in [-0.1, -0.05) is 122 Å². The molecular weight excluding hydrogens is 324 g/mol. The smallest absolute Gasteiger partial charge is 0.103 e. The van der Waals surface area contributed by atoms with E-state index in [4.69, 9.17) is 5.11 Å². The molecule has 0 fully saturated rings. The van der Waals surface area contributed by atoms with Crippen LogP contribution in [0.25, 0.3) is 0 Å². The van der Waals surface area contributed by atoms with E-state index in [1.54, 1.807) is 0 Å². The van der Waals surface area contributed by atoms with Crippen molar-refractivity contribution < 1.29 is 15.3 Å². The van der Waals surface area contributed by atoms with Gasteiger partial charge in [0.2, 0.25) is 0 Å². The van der Waals surface area contributed by atoms with Crippen LogP contribution in [0.4, 0.5) is 0 Å². The summed E-state index contributed by atoms with van der Waals surface area (Å²) < 4.78 is 0. The predicted molar refractivity (Wildman–Crippen MR) is 112 cm³/mol. The summed E-state index contributed by atoms with van der Waals surface area (Å²) in [6.07, 6.45) is 23.2. The highest BCUT2D eigenvalue weighted by atomic mass is 16.4. The van der Waals surface area contributed by atoms with Crippen LogP contribution in [-0.2, 0) is 0 Å². The van der Waals surface area contributed by atoms with Gasteiger partial charge in [-0.3, -0.25) is 0 Å². The zero-order valence-electron chi connectivity index (χ0n) is 17.6. The van der Waals surface area contributed by atoms with E-state index in [1.165, 1.54) is 103 Å². The Morgan fingerprint density at radius 3 is 1.08 bits per heavy atom. The van der Waals surface area contributed by atoms with Crippen LogP contribution in [0.3, 0.4) is 0 Å². The molecule has 0 spiro atoms. The molecule has 0 bridgehead atoms. The summed E-state index contributed by atoms with van der Waals surface area (Å²) >= 11 is 0. The van der Waals surface area contributed by atoms with Crippen molar-refractivity contribution in [3.8, 4) is 0 Å². The molecule has 0 aromatic heterocycles. The lowest BCUT2D eigenvalue weighted by Crippen LogP contribution is -2.28. The fraction of sp³-hybridized carbons (Fsp3) is 1.00. The van der Waals surface area contributed by atoms with E-state index in [9.17, 15) is 10.2 Å². The summed E-state index contributed by atoms with van der Waals surface area (Å²) in [5.74, 6) is 0. The Bertz CT molecular complexity index is 258. The van der Waals surface area contributed by atoms with E-state index in [-0.39, 0.29) is 6.61 Å². The van der Waals surface area contributed by atoms with Crippen molar-refractivity contribution in [2.24, 2.45) is 0 Å². The number of unbranched alkanes of at least 4 members (excludes halogenated alkanes) is 17. The SMILES string of the molecule is CCCCCCCCCCCCCCCCCCCCC(O)C(O)CO. The fourth-order valence-electron chi connectivity index (χ4n) is 3.57. The van der Waals surface area contributed by atoms with E-state index in [2.05, 4.69) is 6.92 Å². The summed E-state index contributed by atoms with van der Waals surface area (Å²) in [5.41, 5.74) is 0. The van der Waals surface area contributed by atoms with Crippen LogP contribution in [-0.4, -0.2) is 34.1 Å². The third-order valence-electron chi connectivity index (χ3n) is 5.48. The Balaban J connectivity index is 3.07. The van der Waals surface area contributed by atoms with Crippen LogP contribution < -0.4 is 0 Å². The van der Waals surface area contributed by atoms with Crippen LogP contribution in [0.1, 0.15) is 129 Å². The third-order valence-corrected chi connectivity index (χ3v) is 5.48. The first-order valence-corrected chi connectivity index (χ1v) is 11.7. The van der Waals surface area contributed by atoms with Gasteiger partial charge in [-0.25, -0.2) is 0 Å². The zero-order valence-corrected chi connectivity index (χ0v) is 17.6. The molecule has 2 unspecified atom stereocenters. The molecule has 2 atom stereocenters. The van der Waals surface area contributed by atoms with Crippen molar-refractivity contribution in [3.05, 3.63) is 0 Å². The van der Waals surface area contributed by atoms with Crippen molar-refractivity contribution in [3.63, 3.8) is 0 Å². The van der Waals surface area contributed by atoms with E-state index in [0.717, 1.165) is 12.8 Å². The number of rotatable bonds is 21. The van der Waals surface area contributed by atoms with E-state index in [1.807, 2.05) is 0 Å². The largest absolute Gasteiger partial charge is 0.394 e. The average Bonchev–Trinajstić information content (AvgIpc) is 2.66. The topological polar surface area (TPSA) is 60.7 Å². The van der Waals surface area contributed by atoms with Crippen molar-refractivity contribution in [2.45, 2.75) is 141 Å². The van der Waals surface area contributed by atoms with Crippen LogP contribution in [0.2, 0.25) is 0 Å². The van der Waals surface area contributed by atoms with Gasteiger partial charge in [0.05, 0.1) is 12.7 Å². The zero-order chi connectivity index (χ0) is 19.3. The Labute approximate surface area is 163 Å². The molecule has 0 aliphatic carbocycles. The number of hydrogen-bond donors (Lipinski definition) is 3. The number of hydrogen-bond acceptors (Lipinski definition) is 3. The molecule has 0 radical (unpaired) electrons. The number of aliphatic hydroxyl groups is 3. The molecule has 0 aromatic rings. The normalized spacial score (nSPS) is 13.8. The van der Waals surface area contributed by atoms with Gasteiger partial charge in [-0.05, 0) is 6.42 Å². The molecule has 0 aromatic carbocycles. The van der Waals surface area contributed by atoms with Crippen molar-refractivity contribution >= 4 is 0 Å². The van der Waals surface area contributed by atoms with Gasteiger partial charge < -0.3 is 15.3 Å². The lowest BCUT2D eigenvalue weighted by atomic mass is 10.0. The molecule has 3 heteroatoms. The fourth-order valence-corrected chi connectivity index (χ4v) is 3.57. The second-order valence-electron chi connectivity index (χ2n) is 8.12. The molecule has 158 valence electrons. The minimum Gasteiger partial charge on any atom is -0.394 e. The molecule has 0 heterocycles. The van der Waals surface area contributed by atoms with Crippen LogP contribution in [0.5, 0.6) is 0 Å². The third kappa shape index (κ3) is 18.7. The molecule has 0 aliphatic heterocycles. The molecule has 0 aliphatic rings. The highest BCUT2D eigenvalue weighted by Crippen LogP contribution is 2.15. The molecule has 26 heavy (non-hydrogen) atoms. The monoisotopic (exact) mass is 372 g/mol. The van der Waals surface area contributed by atoms with Gasteiger partial charge in [0, 0.05) is 0 Å². The lowest BCUT2D eigenvalue weighted by molar-refractivity contribution is -0.0185. The molecule has 0 amide bonds. The maximum atomic E-state index is 9.54. The molecule has 0 saturated heterocycles. The highest BCUT2D eigenvalue weighted by molar-refractivity contribution is 4.65. The van der Waals surface area contributed by atoms with Gasteiger partial charge in [0.15, 0.2) is 0 Å². The maximum Gasteiger partial charge on any atom is 0.103 e. The van der Waals surface area contributed by atoms with E-state index >= 15 is 0 Å². The summed E-state index contributed by atoms with van der Waals surface area (Å²) in [7, 11) is 0. The summed E-state index contributed by atoms with van der Waals surface area (Å²) in [6, 6.07) is 0. The van der Waals surface area contributed by atoms with Crippen LogP contribution in [0, 0.1) is 0 Å². The summed E-state index contributed by atoms with van der Waals surface area (Å²) in [6.45, 7) is 1.93. The minimum atomic E-state index is -0.971. The van der Waals surface area contributed by atoms with Crippen molar-refractivity contribution in [1.29, 1.82) is 0 Å². The average molecular weight is 373 g/mol. The van der Waals surface area contributed by atoms with E-state index < -0.39 is 12.2 Å². The quantitative estimate of drug-likeness (QED) is 0.212. The van der Waals surface area contributed by atoms with Crippen molar-refractivity contribution in [2.75, 3.05) is 6.61 Å². The van der Waals surface area contributed by atoms with Crippen molar-refractivity contribution in [1.82, 2.24) is 0 Å². The first-order chi connectivity index (χ1) is 12.7. The molecule has 3 nitrogen and oxygen atoms in total. The highest BCUT2D eigenvalue weighted by Gasteiger charge is 2.13. The van der Waals surface area contributed by atoms with Gasteiger partial charge >= 0.3 is 0 Å². The van der Waals surface area contributed by atoms with Gasteiger partial charge in [-0.2, -0.15) is 0 Å². The molecule has 0 rings (SSSR count). The second kappa shape index (κ2) is 21.2. The summed E-state index contributed by atoms with van der Waals surface area (Å²) in [5, 5.41) is 27.6. The Morgan fingerprint density at radius 1 is 0.462 bits per heavy atom. The predicted octanol–water partition coefficient (Wildman–Crippen LogP) is 6.13. The Kier molecular flexibility index (Phi) is 21.1. The molecular formula is C23H48O3. The Hall–Kier alpha value is -0.120. The van der Waals surface area contributed by atoms with Gasteiger partial charge in [-0.15, -0.1) is 0 Å². The molecule has 0 saturated carbocycles.